The van der Waals surface area contributed by atoms with Crippen molar-refractivity contribution in [3.8, 4) is 0 Å². The maximum atomic E-state index is 10.8. The van der Waals surface area contributed by atoms with Gasteiger partial charge in [-0.1, -0.05) is 6.92 Å². The fraction of sp³-hybridized carbons (Fsp3) is 0.833. The van der Waals surface area contributed by atoms with Crippen LogP contribution in [-0.4, -0.2) is 37.4 Å². The quantitative estimate of drug-likeness (QED) is 0.443. The number of esters is 1. The van der Waals surface area contributed by atoms with Crippen molar-refractivity contribution in [2.45, 2.75) is 12.7 Å². The molecule has 0 amide bonds. The lowest BCUT2D eigenvalue weighted by Crippen LogP contribution is -2.33. The van der Waals surface area contributed by atoms with E-state index < -0.39 is 0 Å². The SMILES string of the molecule is CCN(C)C(P)C(=O)OC. The van der Waals surface area contributed by atoms with E-state index in [1.165, 1.54) is 7.11 Å². The minimum atomic E-state index is -0.214. The van der Waals surface area contributed by atoms with Gasteiger partial charge in [0.2, 0.25) is 0 Å². The van der Waals surface area contributed by atoms with E-state index >= 15 is 0 Å². The highest BCUT2D eigenvalue weighted by molar-refractivity contribution is 7.19. The normalized spacial score (nSPS) is 13.3. The monoisotopic (exact) mass is 163 g/mol. The van der Waals surface area contributed by atoms with Crippen LogP contribution in [0.1, 0.15) is 6.92 Å². The average molecular weight is 163 g/mol. The lowest BCUT2D eigenvalue weighted by molar-refractivity contribution is -0.143. The molecule has 0 radical (unpaired) electrons. The summed E-state index contributed by atoms with van der Waals surface area (Å²) in [7, 11) is 5.69. The fourth-order valence-corrected chi connectivity index (χ4v) is 0.844. The van der Waals surface area contributed by atoms with Gasteiger partial charge in [-0.05, 0) is 13.6 Å². The molecule has 3 nitrogen and oxygen atoms in total. The molecule has 0 aliphatic rings. The summed E-state index contributed by atoms with van der Waals surface area (Å²) in [5.41, 5.74) is 0. The third kappa shape index (κ3) is 2.63. The van der Waals surface area contributed by atoms with Gasteiger partial charge in [0, 0.05) is 0 Å². The van der Waals surface area contributed by atoms with E-state index in [0.29, 0.717) is 0 Å². The number of hydrogen-bond donors (Lipinski definition) is 0. The van der Waals surface area contributed by atoms with Crippen LogP contribution >= 0.6 is 9.24 Å². The molecule has 0 aromatic heterocycles. The molecule has 0 aromatic rings. The second kappa shape index (κ2) is 4.64. The molecule has 0 fully saturated rings. The van der Waals surface area contributed by atoms with Crippen molar-refractivity contribution >= 4 is 15.2 Å². The number of nitrogens with zero attached hydrogens (tertiary/aromatic N) is 1. The van der Waals surface area contributed by atoms with Crippen LogP contribution in [-0.2, 0) is 9.53 Å². The van der Waals surface area contributed by atoms with Crippen molar-refractivity contribution in [2.75, 3.05) is 20.7 Å². The molecule has 0 rings (SSSR count). The smallest absolute Gasteiger partial charge is 0.326 e. The third-order valence-electron chi connectivity index (χ3n) is 1.42. The van der Waals surface area contributed by atoms with Gasteiger partial charge in [0.15, 0.2) is 0 Å². The van der Waals surface area contributed by atoms with Crippen molar-refractivity contribution in [2.24, 2.45) is 0 Å². The first kappa shape index (κ1) is 9.86. The molecule has 10 heavy (non-hydrogen) atoms. The summed E-state index contributed by atoms with van der Waals surface area (Å²) in [6.07, 6.45) is 0. The van der Waals surface area contributed by atoms with Crippen LogP contribution in [0.15, 0.2) is 0 Å². The number of carbonyl (C=O) groups is 1. The van der Waals surface area contributed by atoms with Crippen molar-refractivity contribution in [3.63, 3.8) is 0 Å². The molecule has 0 aliphatic carbocycles. The molecule has 0 saturated carbocycles. The van der Waals surface area contributed by atoms with E-state index in [9.17, 15) is 4.79 Å². The third-order valence-corrected chi connectivity index (χ3v) is 2.20. The molecular formula is C6H14NO2P. The van der Waals surface area contributed by atoms with Gasteiger partial charge in [0.25, 0.3) is 0 Å². The van der Waals surface area contributed by atoms with Gasteiger partial charge in [-0.15, -0.1) is 9.24 Å². The lowest BCUT2D eigenvalue weighted by atomic mass is 10.5. The molecule has 2 unspecified atom stereocenters. The van der Waals surface area contributed by atoms with Crippen LogP contribution in [0.2, 0.25) is 0 Å². The predicted molar refractivity (Wildman–Crippen MR) is 43.8 cm³/mol. The number of carbonyl (C=O) groups excluding carboxylic acids is 1. The van der Waals surface area contributed by atoms with E-state index in [4.69, 9.17) is 0 Å². The summed E-state index contributed by atoms with van der Waals surface area (Å²) < 4.78 is 4.53. The number of methoxy groups -OCH3 is 1. The van der Waals surface area contributed by atoms with Crippen LogP contribution in [0, 0.1) is 0 Å². The Labute approximate surface area is 63.9 Å². The summed E-state index contributed by atoms with van der Waals surface area (Å²) >= 11 is 0. The van der Waals surface area contributed by atoms with Crippen LogP contribution < -0.4 is 0 Å². The second-order valence-electron chi connectivity index (χ2n) is 2.04. The lowest BCUT2D eigenvalue weighted by Gasteiger charge is -2.19. The average Bonchev–Trinajstić information content (AvgIpc) is 2.00. The van der Waals surface area contributed by atoms with Crippen molar-refractivity contribution in [1.29, 1.82) is 0 Å². The molecule has 0 aromatic carbocycles. The Bertz CT molecular complexity index is 118. The zero-order chi connectivity index (χ0) is 8.15. The molecule has 60 valence electrons. The minimum absolute atomic E-state index is 0.213. The highest BCUT2D eigenvalue weighted by Crippen LogP contribution is 2.05. The molecule has 0 N–H and O–H groups in total. The van der Waals surface area contributed by atoms with Crippen LogP contribution in [0.25, 0.3) is 0 Å². The summed E-state index contributed by atoms with van der Waals surface area (Å²) in [5.74, 6) is -0.427. The van der Waals surface area contributed by atoms with E-state index in [-0.39, 0.29) is 11.8 Å². The fourth-order valence-electron chi connectivity index (χ4n) is 0.497. The Morgan fingerprint density at radius 3 is 2.60 bits per heavy atom. The molecule has 4 heteroatoms. The minimum Gasteiger partial charge on any atom is -0.468 e. The zero-order valence-electron chi connectivity index (χ0n) is 6.63. The van der Waals surface area contributed by atoms with Gasteiger partial charge in [0.05, 0.1) is 7.11 Å². The van der Waals surface area contributed by atoms with Crippen molar-refractivity contribution in [1.82, 2.24) is 4.90 Å². The van der Waals surface area contributed by atoms with Crippen molar-refractivity contribution in [3.05, 3.63) is 0 Å². The second-order valence-corrected chi connectivity index (χ2v) is 2.67. The molecule has 0 bridgehead atoms. The van der Waals surface area contributed by atoms with Gasteiger partial charge < -0.3 is 4.74 Å². The number of hydrogen-bond acceptors (Lipinski definition) is 3. The van der Waals surface area contributed by atoms with Gasteiger partial charge >= 0.3 is 5.97 Å². The van der Waals surface area contributed by atoms with Crippen molar-refractivity contribution < 1.29 is 9.53 Å². The molecule has 0 saturated heterocycles. The predicted octanol–water partition coefficient (Wildman–Crippen LogP) is 0.312. The van der Waals surface area contributed by atoms with E-state index in [1.807, 2.05) is 18.9 Å². The molecule has 0 spiro atoms. The number of ether oxygens (including phenoxy) is 1. The Kier molecular flexibility index (Phi) is 4.58. The maximum Gasteiger partial charge on any atom is 0.326 e. The largest absolute Gasteiger partial charge is 0.468 e. The number of rotatable bonds is 3. The first-order valence-corrected chi connectivity index (χ1v) is 3.83. The Balaban J connectivity index is 3.81. The Hall–Kier alpha value is -0.140. The molecular weight excluding hydrogens is 149 g/mol. The zero-order valence-corrected chi connectivity index (χ0v) is 7.78. The molecule has 0 aliphatic heterocycles. The maximum absolute atomic E-state index is 10.8. The van der Waals surface area contributed by atoms with E-state index in [1.54, 1.807) is 0 Å². The summed E-state index contributed by atoms with van der Waals surface area (Å²) in [6, 6.07) is 0. The van der Waals surface area contributed by atoms with Gasteiger partial charge in [0.1, 0.15) is 5.78 Å². The van der Waals surface area contributed by atoms with Gasteiger partial charge in [-0.3, -0.25) is 4.90 Å². The standard InChI is InChI=1S/C6H14NO2P/c1-4-7(2)5(10)6(8)9-3/h5H,4,10H2,1-3H3. The summed E-state index contributed by atoms with van der Waals surface area (Å²) in [6.45, 7) is 2.82. The van der Waals surface area contributed by atoms with Crippen LogP contribution in [0.5, 0.6) is 0 Å². The Morgan fingerprint density at radius 1 is 1.80 bits per heavy atom. The first-order valence-electron chi connectivity index (χ1n) is 3.17. The molecule has 0 heterocycles. The first-order chi connectivity index (χ1) is 4.63. The van der Waals surface area contributed by atoms with Crippen LogP contribution in [0.4, 0.5) is 0 Å². The number of likely N-dealkylation sites (N-methyl/N-ethyl adjacent to an activating group) is 1. The highest BCUT2D eigenvalue weighted by atomic mass is 31.0. The highest BCUT2D eigenvalue weighted by Gasteiger charge is 2.16. The summed E-state index contributed by atoms with van der Waals surface area (Å²) in [5, 5.41) is 0. The van der Waals surface area contributed by atoms with Gasteiger partial charge in [-0.25, -0.2) is 4.79 Å². The summed E-state index contributed by atoms with van der Waals surface area (Å²) in [4.78, 5) is 12.7. The van der Waals surface area contributed by atoms with Gasteiger partial charge in [-0.2, -0.15) is 0 Å². The van der Waals surface area contributed by atoms with E-state index in [0.717, 1.165) is 6.54 Å². The van der Waals surface area contributed by atoms with E-state index in [2.05, 4.69) is 14.0 Å². The molecule has 2 atom stereocenters. The van der Waals surface area contributed by atoms with Crippen LogP contribution in [0.3, 0.4) is 0 Å². The Morgan fingerprint density at radius 2 is 2.30 bits per heavy atom. The topological polar surface area (TPSA) is 29.5 Å².